The molecule has 0 aliphatic heterocycles. The lowest BCUT2D eigenvalue weighted by molar-refractivity contribution is -0.142. The Morgan fingerprint density at radius 3 is 2.47 bits per heavy atom. The highest BCUT2D eigenvalue weighted by Crippen LogP contribution is 2.41. The molecule has 0 radical (unpaired) electrons. The Balaban J connectivity index is 0.00000249. The van der Waals surface area contributed by atoms with Crippen LogP contribution in [0.1, 0.15) is 46.5 Å². The van der Waals surface area contributed by atoms with Crippen LogP contribution in [0.15, 0.2) is 52.6 Å². The Bertz CT molecular complexity index is 892. The smallest absolute Gasteiger partial charge is 0.313 e. The largest absolute Gasteiger partial charge is 0.417 e. The van der Waals surface area contributed by atoms with Gasteiger partial charge in [0, 0.05) is 31.0 Å². The third-order valence-corrected chi connectivity index (χ3v) is 5.33. The maximum atomic E-state index is 13.5. The molecular weight excluding hydrogens is 439 g/mol. The number of nitrogens with zero attached hydrogens (tertiary/aromatic N) is 4. The van der Waals surface area contributed by atoms with Gasteiger partial charge in [-0.05, 0) is 38.3 Å². The molecule has 0 aromatic carbocycles. The van der Waals surface area contributed by atoms with Crippen LogP contribution in [-0.2, 0) is 4.79 Å². The molecule has 0 saturated heterocycles. The van der Waals surface area contributed by atoms with Gasteiger partial charge in [-0.2, -0.15) is 23.5 Å². The first-order chi connectivity index (χ1) is 15.1. The van der Waals surface area contributed by atoms with Crippen LogP contribution in [0, 0.1) is 11.3 Å². The van der Waals surface area contributed by atoms with Gasteiger partial charge in [0.2, 0.25) is 0 Å². The summed E-state index contributed by atoms with van der Waals surface area (Å²) in [5, 5.41) is 13.0. The SMILES string of the molecule is C=C(N/N=C/C)N(C=S)C1(C(=O)N(C)C2=CC(C(F)(F)F)=C(C#N)CC=C2)CCC1.CC. The van der Waals surface area contributed by atoms with Gasteiger partial charge >= 0.3 is 6.18 Å². The second-order valence-corrected chi connectivity index (χ2v) is 7.06. The number of thiocarbonyl (C=S) groups is 1. The van der Waals surface area contributed by atoms with Crippen molar-refractivity contribution in [1.29, 1.82) is 5.26 Å². The van der Waals surface area contributed by atoms with E-state index in [-0.39, 0.29) is 17.9 Å². The molecule has 1 saturated carbocycles. The van der Waals surface area contributed by atoms with Crippen molar-refractivity contribution in [2.45, 2.75) is 58.2 Å². The summed E-state index contributed by atoms with van der Waals surface area (Å²) in [6.07, 6.45) is 1.99. The van der Waals surface area contributed by atoms with Crippen molar-refractivity contribution in [2.75, 3.05) is 7.05 Å². The summed E-state index contributed by atoms with van der Waals surface area (Å²) >= 11 is 5.09. The number of hydrazone groups is 1. The molecule has 6 nitrogen and oxygen atoms in total. The number of carbonyl (C=O) groups excluding carboxylic acids is 1. The molecule has 0 unspecified atom stereocenters. The number of carbonyl (C=O) groups is 1. The zero-order chi connectivity index (χ0) is 24.5. The average molecular weight is 468 g/mol. The van der Waals surface area contributed by atoms with Gasteiger partial charge in [-0.25, -0.2) is 0 Å². The lowest BCUT2D eigenvalue weighted by atomic mass is 9.74. The Kier molecular flexibility index (Phi) is 9.84. The Morgan fingerprint density at radius 1 is 1.41 bits per heavy atom. The fraction of sp³-hybridized carbons (Fsp3) is 0.455. The highest BCUT2D eigenvalue weighted by Gasteiger charge is 2.51. The Labute approximate surface area is 192 Å². The summed E-state index contributed by atoms with van der Waals surface area (Å²) in [5.74, 6) is -0.131. The molecule has 1 amide bonds. The summed E-state index contributed by atoms with van der Waals surface area (Å²) in [5.41, 5.74) is 1.50. The molecule has 2 rings (SSSR count). The molecule has 0 spiro atoms. The lowest BCUT2D eigenvalue weighted by Gasteiger charge is -2.49. The van der Waals surface area contributed by atoms with Crippen molar-refractivity contribution in [2.24, 2.45) is 5.10 Å². The van der Waals surface area contributed by atoms with Gasteiger partial charge in [0.05, 0.1) is 17.1 Å². The minimum absolute atomic E-state index is 0.0401. The summed E-state index contributed by atoms with van der Waals surface area (Å²) < 4.78 is 40.4. The van der Waals surface area contributed by atoms with Gasteiger partial charge in [-0.3, -0.25) is 10.2 Å². The first-order valence-electron chi connectivity index (χ1n) is 10.2. The van der Waals surface area contributed by atoms with Crippen molar-refractivity contribution in [3.05, 3.63) is 47.5 Å². The standard InChI is InChI=1S/C20H22F3N5OS.C2H6/c1-4-25-26-14(2)28(13-30)19(9-6-10-19)18(29)27(3)16-8-5-7-15(12-24)17(11-16)20(21,22)23;1-2/h4-5,8,11,13,26H,2,6-7,9-10H2,1,3H3;1-2H3/b25-4+;. The van der Waals surface area contributed by atoms with Gasteiger partial charge in [-0.15, -0.1) is 0 Å². The number of hydrogen-bond donors (Lipinski definition) is 1. The van der Waals surface area contributed by atoms with E-state index < -0.39 is 28.8 Å². The number of alkyl halides is 3. The van der Waals surface area contributed by atoms with Crippen LogP contribution in [0.5, 0.6) is 0 Å². The van der Waals surface area contributed by atoms with Crippen LogP contribution in [-0.4, -0.2) is 46.2 Å². The molecule has 0 aromatic rings. The molecular formula is C22H28F3N5OS. The topological polar surface area (TPSA) is 71.7 Å². The maximum absolute atomic E-state index is 13.5. The van der Waals surface area contributed by atoms with Crippen LogP contribution in [0.4, 0.5) is 13.2 Å². The molecule has 2 aliphatic rings. The minimum Gasteiger partial charge on any atom is -0.313 e. The predicted octanol–water partition coefficient (Wildman–Crippen LogP) is 4.95. The molecule has 0 atom stereocenters. The number of nitrogens with one attached hydrogen (secondary N) is 1. The van der Waals surface area contributed by atoms with Crippen LogP contribution < -0.4 is 5.43 Å². The highest BCUT2D eigenvalue weighted by molar-refractivity contribution is 7.78. The zero-order valence-electron chi connectivity index (χ0n) is 18.7. The number of nitriles is 1. The molecule has 1 N–H and O–H groups in total. The first kappa shape index (κ1) is 27.1. The third kappa shape index (κ3) is 5.65. The van der Waals surface area contributed by atoms with Gasteiger partial charge in [0.1, 0.15) is 11.4 Å². The second kappa shape index (κ2) is 11.6. The molecule has 0 heterocycles. The summed E-state index contributed by atoms with van der Waals surface area (Å²) in [6.45, 7) is 9.56. The predicted molar refractivity (Wildman–Crippen MR) is 123 cm³/mol. The minimum atomic E-state index is -4.71. The molecule has 10 heteroatoms. The summed E-state index contributed by atoms with van der Waals surface area (Å²) in [7, 11) is 1.41. The van der Waals surface area contributed by atoms with Crippen molar-refractivity contribution >= 4 is 29.8 Å². The summed E-state index contributed by atoms with van der Waals surface area (Å²) in [4.78, 5) is 16.1. The quantitative estimate of drug-likeness (QED) is 0.326. The fourth-order valence-electron chi connectivity index (χ4n) is 3.37. The van der Waals surface area contributed by atoms with Gasteiger partial charge in [0.25, 0.3) is 5.91 Å². The van der Waals surface area contributed by atoms with Gasteiger partial charge in [-0.1, -0.05) is 38.7 Å². The van der Waals surface area contributed by atoms with E-state index in [0.29, 0.717) is 12.8 Å². The van der Waals surface area contributed by atoms with Crippen molar-refractivity contribution < 1.29 is 18.0 Å². The molecule has 32 heavy (non-hydrogen) atoms. The van der Waals surface area contributed by atoms with Gasteiger partial charge in [0.15, 0.2) is 0 Å². The van der Waals surface area contributed by atoms with E-state index in [1.54, 1.807) is 13.0 Å². The van der Waals surface area contributed by atoms with Crippen molar-refractivity contribution in [3.8, 4) is 6.07 Å². The maximum Gasteiger partial charge on any atom is 0.417 e. The van der Waals surface area contributed by atoms with E-state index >= 15 is 0 Å². The molecule has 174 valence electrons. The lowest BCUT2D eigenvalue weighted by Crippen LogP contribution is -2.62. The number of rotatable bonds is 7. The van der Waals surface area contributed by atoms with E-state index in [9.17, 15) is 18.0 Å². The van der Waals surface area contributed by atoms with Crippen LogP contribution in [0.2, 0.25) is 0 Å². The third-order valence-electron chi connectivity index (χ3n) is 5.12. The van der Waals surface area contributed by atoms with Crippen LogP contribution in [0.25, 0.3) is 0 Å². The second-order valence-electron chi connectivity index (χ2n) is 6.85. The number of halogens is 3. The van der Waals surface area contributed by atoms with E-state index in [1.165, 1.54) is 40.7 Å². The highest BCUT2D eigenvalue weighted by atomic mass is 32.1. The van der Waals surface area contributed by atoms with E-state index in [0.717, 1.165) is 12.5 Å². The van der Waals surface area contributed by atoms with E-state index in [2.05, 4.69) is 17.1 Å². The first-order valence-corrected chi connectivity index (χ1v) is 10.6. The Morgan fingerprint density at radius 2 is 2.03 bits per heavy atom. The molecule has 0 bridgehead atoms. The van der Waals surface area contributed by atoms with Crippen LogP contribution in [0.3, 0.4) is 0 Å². The van der Waals surface area contributed by atoms with Crippen LogP contribution >= 0.6 is 12.2 Å². The number of hydrogen-bond acceptors (Lipinski definition) is 5. The van der Waals surface area contributed by atoms with Crippen molar-refractivity contribution in [1.82, 2.24) is 15.2 Å². The molecule has 2 aliphatic carbocycles. The van der Waals surface area contributed by atoms with E-state index in [4.69, 9.17) is 17.5 Å². The molecule has 1 fully saturated rings. The monoisotopic (exact) mass is 467 g/mol. The Hall–Kier alpha value is -2.93. The summed E-state index contributed by atoms with van der Waals surface area (Å²) in [6, 6.07) is 1.60. The number of likely N-dealkylation sites (N-methyl/N-ethyl adjacent to an activating group) is 1. The van der Waals surface area contributed by atoms with E-state index in [1.807, 2.05) is 13.8 Å². The average Bonchev–Trinajstić information content (AvgIpc) is 2.97. The van der Waals surface area contributed by atoms with Gasteiger partial charge < -0.3 is 9.80 Å². The number of allylic oxidation sites excluding steroid dienone is 5. The van der Waals surface area contributed by atoms with Crippen molar-refractivity contribution in [3.63, 3.8) is 0 Å². The fourth-order valence-corrected chi connectivity index (χ4v) is 3.70. The zero-order valence-corrected chi connectivity index (χ0v) is 19.5. The molecule has 0 aromatic heterocycles. The normalized spacial score (nSPS) is 17.1. The number of amides is 1.